The second-order valence-corrected chi connectivity index (χ2v) is 4.83. The van der Waals surface area contributed by atoms with Crippen molar-refractivity contribution in [3.63, 3.8) is 0 Å². The van der Waals surface area contributed by atoms with E-state index in [4.69, 9.17) is 10.2 Å². The summed E-state index contributed by atoms with van der Waals surface area (Å²) < 4.78 is 5.43. The average molecular weight is 261 g/mol. The van der Waals surface area contributed by atoms with E-state index in [2.05, 4.69) is 4.98 Å². The third-order valence-corrected chi connectivity index (χ3v) is 3.06. The minimum Gasteiger partial charge on any atom is -0.441 e. The Morgan fingerprint density at radius 1 is 1.53 bits per heavy atom. The minimum absolute atomic E-state index is 0.0432. The Bertz CT molecular complexity index is 589. The van der Waals surface area contributed by atoms with Gasteiger partial charge in [0.05, 0.1) is 6.04 Å². The molecular formula is C14H19N3O2. The van der Waals surface area contributed by atoms with Crippen LogP contribution in [0.3, 0.4) is 0 Å². The highest BCUT2D eigenvalue weighted by Crippen LogP contribution is 2.17. The molecule has 0 aliphatic heterocycles. The van der Waals surface area contributed by atoms with Gasteiger partial charge in [0.2, 0.25) is 5.91 Å². The summed E-state index contributed by atoms with van der Waals surface area (Å²) in [6, 6.07) is 5.45. The Balaban J connectivity index is 2.03. The molecule has 2 rings (SSSR count). The van der Waals surface area contributed by atoms with Gasteiger partial charge in [0, 0.05) is 20.5 Å². The number of benzene rings is 1. The zero-order valence-electron chi connectivity index (χ0n) is 11.5. The van der Waals surface area contributed by atoms with E-state index in [9.17, 15) is 4.79 Å². The predicted molar refractivity (Wildman–Crippen MR) is 73.7 cm³/mol. The van der Waals surface area contributed by atoms with Gasteiger partial charge in [0.1, 0.15) is 5.52 Å². The number of aryl methyl sites for hydroxylation is 1. The Morgan fingerprint density at radius 3 is 2.95 bits per heavy atom. The van der Waals surface area contributed by atoms with Crippen molar-refractivity contribution in [3.05, 3.63) is 29.7 Å². The second kappa shape index (κ2) is 5.40. The van der Waals surface area contributed by atoms with Gasteiger partial charge < -0.3 is 15.1 Å². The Hall–Kier alpha value is -1.88. The summed E-state index contributed by atoms with van der Waals surface area (Å²) in [7, 11) is 1.77. The van der Waals surface area contributed by atoms with Crippen molar-refractivity contribution in [2.45, 2.75) is 26.3 Å². The van der Waals surface area contributed by atoms with Gasteiger partial charge in [-0.15, -0.1) is 0 Å². The first-order chi connectivity index (χ1) is 8.97. The molecule has 2 N–H and O–H groups in total. The normalized spacial score (nSPS) is 12.6. The average Bonchev–Trinajstić information content (AvgIpc) is 2.74. The molecule has 5 nitrogen and oxygen atoms in total. The zero-order valence-corrected chi connectivity index (χ0v) is 11.5. The van der Waals surface area contributed by atoms with Crippen LogP contribution in [-0.2, 0) is 11.2 Å². The van der Waals surface area contributed by atoms with Gasteiger partial charge in [0.25, 0.3) is 0 Å². The molecule has 0 radical (unpaired) electrons. The summed E-state index contributed by atoms with van der Waals surface area (Å²) in [5.41, 5.74) is 8.35. The van der Waals surface area contributed by atoms with E-state index in [0.29, 0.717) is 12.4 Å². The first kappa shape index (κ1) is 13.5. The van der Waals surface area contributed by atoms with Crippen molar-refractivity contribution in [2.75, 3.05) is 13.6 Å². The van der Waals surface area contributed by atoms with Gasteiger partial charge in [-0.25, -0.2) is 4.98 Å². The van der Waals surface area contributed by atoms with E-state index >= 15 is 0 Å². The highest BCUT2D eigenvalue weighted by Gasteiger charge is 2.13. The number of oxazole rings is 1. The maximum atomic E-state index is 11.7. The molecule has 0 aliphatic carbocycles. The summed E-state index contributed by atoms with van der Waals surface area (Å²) >= 11 is 0. The van der Waals surface area contributed by atoms with Crippen molar-refractivity contribution in [1.82, 2.24) is 9.88 Å². The molecule has 5 heteroatoms. The lowest BCUT2D eigenvalue weighted by Gasteiger charge is -2.19. The van der Waals surface area contributed by atoms with E-state index in [-0.39, 0.29) is 5.91 Å². The van der Waals surface area contributed by atoms with Gasteiger partial charge in [-0.1, -0.05) is 6.07 Å². The predicted octanol–water partition coefficient (Wildman–Crippen LogP) is 1.48. The van der Waals surface area contributed by atoms with Crippen molar-refractivity contribution < 1.29 is 9.21 Å². The van der Waals surface area contributed by atoms with Crippen molar-refractivity contribution in [1.29, 1.82) is 0 Å². The molecule has 1 unspecified atom stereocenters. The second-order valence-electron chi connectivity index (χ2n) is 4.83. The van der Waals surface area contributed by atoms with Gasteiger partial charge >= 0.3 is 0 Å². The third-order valence-electron chi connectivity index (χ3n) is 3.06. The number of nitrogens with zero attached hydrogens (tertiary/aromatic N) is 2. The zero-order chi connectivity index (χ0) is 14.0. The number of likely N-dealkylation sites (N-methyl/N-ethyl adjacent to an activating group) is 1. The molecule has 0 saturated carbocycles. The lowest BCUT2D eigenvalue weighted by atomic mass is 10.1. The standard InChI is InChI=1S/C14H19N3O2/c1-9(15)14(18)17(3)7-6-11-4-5-13-12(8-11)16-10(2)19-13/h4-5,8-9H,6-7,15H2,1-3H3. The number of hydrogen-bond acceptors (Lipinski definition) is 4. The minimum atomic E-state index is -0.453. The molecule has 102 valence electrons. The third kappa shape index (κ3) is 3.12. The number of hydrogen-bond donors (Lipinski definition) is 1. The largest absolute Gasteiger partial charge is 0.441 e. The Kier molecular flexibility index (Phi) is 3.85. The molecular weight excluding hydrogens is 242 g/mol. The fraction of sp³-hybridized carbons (Fsp3) is 0.429. The van der Waals surface area contributed by atoms with E-state index < -0.39 is 6.04 Å². The maximum absolute atomic E-state index is 11.7. The first-order valence-corrected chi connectivity index (χ1v) is 6.34. The molecule has 19 heavy (non-hydrogen) atoms. The van der Waals surface area contributed by atoms with Crippen LogP contribution in [0.2, 0.25) is 0 Å². The molecule has 1 aromatic heterocycles. The SMILES string of the molecule is Cc1nc2cc(CCN(C)C(=O)C(C)N)ccc2o1. The summed E-state index contributed by atoms with van der Waals surface area (Å²) in [4.78, 5) is 17.6. The van der Waals surface area contributed by atoms with Gasteiger partial charge in [0.15, 0.2) is 11.5 Å². The smallest absolute Gasteiger partial charge is 0.238 e. The molecule has 1 aromatic carbocycles. The topological polar surface area (TPSA) is 72.4 Å². The monoisotopic (exact) mass is 261 g/mol. The van der Waals surface area contributed by atoms with Crippen LogP contribution >= 0.6 is 0 Å². The summed E-state index contributed by atoms with van der Waals surface area (Å²) in [6.07, 6.45) is 0.775. The number of rotatable bonds is 4. The number of aromatic nitrogens is 1. The molecule has 2 aromatic rings. The molecule has 1 atom stereocenters. The number of fused-ring (bicyclic) bond motifs is 1. The number of amides is 1. The highest BCUT2D eigenvalue weighted by atomic mass is 16.3. The van der Waals surface area contributed by atoms with Crippen molar-refractivity contribution >= 4 is 17.0 Å². The molecule has 0 fully saturated rings. The lowest BCUT2D eigenvalue weighted by molar-refractivity contribution is -0.130. The molecule has 0 spiro atoms. The van der Waals surface area contributed by atoms with Crippen LogP contribution < -0.4 is 5.73 Å². The van der Waals surface area contributed by atoms with Crippen molar-refractivity contribution in [2.24, 2.45) is 5.73 Å². The fourth-order valence-electron chi connectivity index (χ4n) is 2.00. The Morgan fingerprint density at radius 2 is 2.26 bits per heavy atom. The van der Waals surface area contributed by atoms with Crippen LogP contribution in [-0.4, -0.2) is 35.4 Å². The van der Waals surface area contributed by atoms with Gasteiger partial charge in [-0.2, -0.15) is 0 Å². The summed E-state index contributed by atoms with van der Waals surface area (Å²) in [6.45, 7) is 4.17. The van der Waals surface area contributed by atoms with Crippen LogP contribution in [0.25, 0.3) is 11.1 Å². The molecule has 1 amide bonds. The maximum Gasteiger partial charge on any atom is 0.238 e. The number of nitrogens with two attached hydrogens (primary N) is 1. The van der Waals surface area contributed by atoms with E-state index in [1.165, 1.54) is 0 Å². The van der Waals surface area contributed by atoms with E-state index in [1.54, 1.807) is 18.9 Å². The quantitative estimate of drug-likeness (QED) is 0.905. The van der Waals surface area contributed by atoms with Crippen LogP contribution in [0.15, 0.2) is 22.6 Å². The van der Waals surface area contributed by atoms with Crippen LogP contribution in [0.1, 0.15) is 18.4 Å². The van der Waals surface area contributed by atoms with Crippen molar-refractivity contribution in [3.8, 4) is 0 Å². The van der Waals surface area contributed by atoms with Crippen LogP contribution in [0, 0.1) is 6.92 Å². The van der Waals surface area contributed by atoms with Gasteiger partial charge in [-0.3, -0.25) is 4.79 Å². The molecule has 1 heterocycles. The van der Waals surface area contributed by atoms with Crippen LogP contribution in [0.4, 0.5) is 0 Å². The summed E-state index contributed by atoms with van der Waals surface area (Å²) in [5, 5.41) is 0. The molecule has 0 aliphatic rings. The van der Waals surface area contributed by atoms with Crippen LogP contribution in [0.5, 0.6) is 0 Å². The first-order valence-electron chi connectivity index (χ1n) is 6.34. The van der Waals surface area contributed by atoms with E-state index in [0.717, 1.165) is 23.1 Å². The van der Waals surface area contributed by atoms with E-state index in [1.807, 2.05) is 25.1 Å². The number of carbonyl (C=O) groups excluding carboxylic acids is 1. The molecule has 0 saturated heterocycles. The Labute approximate surface area is 112 Å². The molecule has 0 bridgehead atoms. The lowest BCUT2D eigenvalue weighted by Crippen LogP contribution is -2.40. The number of carbonyl (C=O) groups is 1. The van der Waals surface area contributed by atoms with Gasteiger partial charge in [-0.05, 0) is 31.0 Å². The fourth-order valence-corrected chi connectivity index (χ4v) is 2.00. The highest BCUT2D eigenvalue weighted by molar-refractivity contribution is 5.81. The summed E-state index contributed by atoms with van der Waals surface area (Å²) in [5.74, 6) is 0.620.